The Kier molecular flexibility index (Phi) is 3.49. The second kappa shape index (κ2) is 4.21. The van der Waals surface area contributed by atoms with Gasteiger partial charge in [-0.1, -0.05) is 0 Å². The van der Waals surface area contributed by atoms with E-state index in [2.05, 4.69) is 5.32 Å². The molecule has 1 aliphatic rings. The van der Waals surface area contributed by atoms with Crippen molar-refractivity contribution in [3.05, 3.63) is 0 Å². The molecule has 1 saturated heterocycles. The number of ether oxygens (including phenoxy) is 1. The van der Waals surface area contributed by atoms with Gasteiger partial charge in [-0.3, -0.25) is 0 Å². The van der Waals surface area contributed by atoms with Crippen LogP contribution in [0.25, 0.3) is 0 Å². The van der Waals surface area contributed by atoms with Gasteiger partial charge in [0, 0.05) is 0 Å². The highest BCUT2D eigenvalue weighted by Crippen LogP contribution is 2.13. The van der Waals surface area contributed by atoms with Crippen LogP contribution < -0.4 is 5.32 Å². The number of aliphatic hydroxyl groups excluding tert-OH is 1. The highest BCUT2D eigenvalue weighted by Gasteiger charge is 2.38. The number of aliphatic hydroxyl groups is 1. The molecule has 1 amide bonds. The highest BCUT2D eigenvalue weighted by atomic mass is 32.2. The quantitative estimate of drug-likeness (QED) is 0.665. The number of rotatable bonds is 1. The summed E-state index contributed by atoms with van der Waals surface area (Å²) < 4.78 is 27.3. The van der Waals surface area contributed by atoms with Gasteiger partial charge in [-0.05, 0) is 20.8 Å². The second-order valence-electron chi connectivity index (χ2n) is 4.90. The molecule has 0 aromatic carbocycles. The van der Waals surface area contributed by atoms with Crippen molar-refractivity contribution in [1.29, 1.82) is 0 Å². The Morgan fingerprint density at radius 2 is 1.94 bits per heavy atom. The van der Waals surface area contributed by atoms with Crippen molar-refractivity contribution in [1.82, 2.24) is 5.32 Å². The molecule has 2 N–H and O–H groups in total. The smallest absolute Gasteiger partial charge is 0.407 e. The van der Waals surface area contributed by atoms with Crippen molar-refractivity contribution >= 4 is 15.9 Å². The summed E-state index contributed by atoms with van der Waals surface area (Å²) in [6.07, 6.45) is -1.77. The molecular weight excluding hydrogens is 234 g/mol. The number of hydrogen-bond acceptors (Lipinski definition) is 5. The van der Waals surface area contributed by atoms with Crippen LogP contribution in [0.2, 0.25) is 0 Å². The van der Waals surface area contributed by atoms with Crippen molar-refractivity contribution in [2.24, 2.45) is 0 Å². The molecule has 7 heteroatoms. The summed E-state index contributed by atoms with van der Waals surface area (Å²) in [5, 5.41) is 11.8. The van der Waals surface area contributed by atoms with Gasteiger partial charge in [0.05, 0.1) is 23.7 Å². The van der Waals surface area contributed by atoms with E-state index in [-0.39, 0.29) is 11.5 Å². The summed E-state index contributed by atoms with van der Waals surface area (Å²) in [5.74, 6) is -0.555. The summed E-state index contributed by atoms with van der Waals surface area (Å²) in [7, 11) is -3.25. The van der Waals surface area contributed by atoms with E-state index in [9.17, 15) is 18.3 Å². The first kappa shape index (κ1) is 13.2. The molecular formula is C9H17NO5S. The van der Waals surface area contributed by atoms with Crippen LogP contribution in [0.1, 0.15) is 20.8 Å². The molecule has 6 nitrogen and oxygen atoms in total. The van der Waals surface area contributed by atoms with Gasteiger partial charge in [-0.25, -0.2) is 13.2 Å². The fourth-order valence-corrected chi connectivity index (χ4v) is 3.17. The Morgan fingerprint density at radius 1 is 1.38 bits per heavy atom. The molecule has 94 valence electrons. The first-order chi connectivity index (χ1) is 7.09. The van der Waals surface area contributed by atoms with Crippen LogP contribution in [0.15, 0.2) is 0 Å². The van der Waals surface area contributed by atoms with Crippen LogP contribution in [0.3, 0.4) is 0 Å². The average Bonchev–Trinajstić information content (AvgIpc) is 2.19. The monoisotopic (exact) mass is 251 g/mol. The van der Waals surface area contributed by atoms with E-state index in [1.54, 1.807) is 20.8 Å². The van der Waals surface area contributed by atoms with Gasteiger partial charge in [-0.2, -0.15) is 0 Å². The van der Waals surface area contributed by atoms with Crippen LogP contribution in [-0.2, 0) is 14.6 Å². The summed E-state index contributed by atoms with van der Waals surface area (Å²) >= 11 is 0. The molecule has 0 aromatic rings. The minimum Gasteiger partial charge on any atom is -0.444 e. The molecule has 0 spiro atoms. The Bertz CT molecular complexity index is 370. The summed E-state index contributed by atoms with van der Waals surface area (Å²) in [6, 6.07) is -0.778. The summed E-state index contributed by atoms with van der Waals surface area (Å²) in [4.78, 5) is 11.3. The molecule has 0 bridgehead atoms. The maximum absolute atomic E-state index is 11.3. The molecule has 0 radical (unpaired) electrons. The third-order valence-corrected chi connectivity index (χ3v) is 3.74. The van der Waals surface area contributed by atoms with Gasteiger partial charge < -0.3 is 15.2 Å². The zero-order valence-electron chi connectivity index (χ0n) is 9.56. The van der Waals surface area contributed by atoms with E-state index in [0.717, 1.165) is 0 Å². The van der Waals surface area contributed by atoms with Crippen molar-refractivity contribution in [3.63, 3.8) is 0 Å². The van der Waals surface area contributed by atoms with Gasteiger partial charge in [0.15, 0.2) is 9.84 Å². The second-order valence-corrected chi connectivity index (χ2v) is 7.05. The average molecular weight is 251 g/mol. The van der Waals surface area contributed by atoms with Gasteiger partial charge in [0.25, 0.3) is 0 Å². The molecule has 16 heavy (non-hydrogen) atoms. The van der Waals surface area contributed by atoms with Crippen molar-refractivity contribution in [2.75, 3.05) is 11.5 Å². The highest BCUT2D eigenvalue weighted by molar-refractivity contribution is 7.91. The van der Waals surface area contributed by atoms with E-state index in [1.165, 1.54) is 0 Å². The van der Waals surface area contributed by atoms with E-state index >= 15 is 0 Å². The third-order valence-electron chi connectivity index (χ3n) is 2.02. The minimum absolute atomic E-state index is 0.243. The fourth-order valence-electron chi connectivity index (χ4n) is 1.43. The molecule has 0 saturated carbocycles. The minimum atomic E-state index is -3.25. The third kappa shape index (κ3) is 3.97. The molecule has 1 rings (SSSR count). The van der Waals surface area contributed by atoms with E-state index < -0.39 is 33.7 Å². The lowest BCUT2D eigenvalue weighted by Gasteiger charge is -2.22. The van der Waals surface area contributed by atoms with E-state index in [0.29, 0.717) is 0 Å². The number of carbonyl (C=O) groups is 1. The predicted octanol–water partition coefficient (Wildman–Crippen LogP) is -0.331. The van der Waals surface area contributed by atoms with Gasteiger partial charge in [-0.15, -0.1) is 0 Å². The molecule has 0 aromatic heterocycles. The zero-order chi connectivity index (χ0) is 12.6. The summed E-state index contributed by atoms with van der Waals surface area (Å²) in [5.41, 5.74) is -0.646. The Balaban J connectivity index is 2.53. The fraction of sp³-hybridized carbons (Fsp3) is 0.889. The Labute approximate surface area is 94.9 Å². The van der Waals surface area contributed by atoms with Crippen molar-refractivity contribution < 1.29 is 23.1 Å². The van der Waals surface area contributed by atoms with Crippen LogP contribution in [-0.4, -0.2) is 48.9 Å². The van der Waals surface area contributed by atoms with Gasteiger partial charge >= 0.3 is 6.09 Å². The molecule has 2 atom stereocenters. The zero-order valence-corrected chi connectivity index (χ0v) is 10.4. The van der Waals surface area contributed by atoms with Crippen LogP contribution in [0.5, 0.6) is 0 Å². The lowest BCUT2D eigenvalue weighted by atomic mass is 10.2. The van der Waals surface area contributed by atoms with Crippen molar-refractivity contribution in [2.45, 2.75) is 38.5 Å². The van der Waals surface area contributed by atoms with Gasteiger partial charge in [0.1, 0.15) is 5.60 Å². The van der Waals surface area contributed by atoms with E-state index in [4.69, 9.17) is 4.74 Å². The van der Waals surface area contributed by atoms with Crippen molar-refractivity contribution in [3.8, 4) is 0 Å². The first-order valence-corrected chi connectivity index (χ1v) is 6.79. The Morgan fingerprint density at radius 3 is 2.31 bits per heavy atom. The van der Waals surface area contributed by atoms with E-state index in [1.807, 2.05) is 0 Å². The first-order valence-electron chi connectivity index (χ1n) is 4.97. The Hall–Kier alpha value is -0.820. The standard InChI is InChI=1S/C9H17NO5S/c1-9(2,3)15-8(12)10-6-4-16(13,14)5-7(6)11/h6-7,11H,4-5H2,1-3H3,(H,10,12)/t6-,7-/m1/s1. The number of alkyl carbamates (subject to hydrolysis) is 1. The molecule has 1 aliphatic heterocycles. The number of sulfone groups is 1. The maximum atomic E-state index is 11.3. The lowest BCUT2D eigenvalue weighted by Crippen LogP contribution is -2.44. The predicted molar refractivity (Wildman–Crippen MR) is 57.8 cm³/mol. The number of nitrogens with one attached hydrogen (secondary N) is 1. The summed E-state index contributed by atoms with van der Waals surface area (Å²) in [6.45, 7) is 5.11. The van der Waals surface area contributed by atoms with Crippen LogP contribution in [0.4, 0.5) is 4.79 Å². The maximum Gasteiger partial charge on any atom is 0.407 e. The van der Waals surface area contributed by atoms with Crippen LogP contribution in [0, 0.1) is 0 Å². The molecule has 0 aliphatic carbocycles. The molecule has 1 fully saturated rings. The van der Waals surface area contributed by atoms with Gasteiger partial charge in [0.2, 0.25) is 0 Å². The number of hydrogen-bond donors (Lipinski definition) is 2. The number of amides is 1. The normalized spacial score (nSPS) is 28.8. The number of carbonyl (C=O) groups excluding carboxylic acids is 1. The SMILES string of the molecule is CC(C)(C)OC(=O)N[C@@H]1CS(=O)(=O)C[C@H]1O. The largest absolute Gasteiger partial charge is 0.444 e. The van der Waals surface area contributed by atoms with Crippen LogP contribution >= 0.6 is 0 Å². The lowest BCUT2D eigenvalue weighted by molar-refractivity contribution is 0.0461. The molecule has 0 unspecified atom stereocenters. The topological polar surface area (TPSA) is 92.7 Å². The molecule has 1 heterocycles.